The third kappa shape index (κ3) is 2.09. The molecule has 0 N–H and O–H groups in total. The summed E-state index contributed by atoms with van der Waals surface area (Å²) in [6.45, 7) is 0. The normalized spacial score (nSPS) is 25.7. The Morgan fingerprint density at radius 1 is 0.778 bits per heavy atom. The van der Waals surface area contributed by atoms with Gasteiger partial charge >= 0.3 is 0 Å². The number of hydrogen-bond donors (Lipinski definition) is 0. The molecule has 0 heterocycles. The van der Waals surface area contributed by atoms with Crippen molar-refractivity contribution in [1.82, 2.24) is 0 Å². The van der Waals surface area contributed by atoms with Crippen molar-refractivity contribution >= 4 is 26.4 Å². The van der Waals surface area contributed by atoms with Crippen molar-refractivity contribution in [2.45, 2.75) is 11.8 Å². The van der Waals surface area contributed by atoms with Crippen LogP contribution in [0.5, 0.6) is 0 Å². The zero-order chi connectivity index (χ0) is 12.5. The Bertz CT molecular complexity index is 504. The Hall–Kier alpha value is -1.16. The maximum absolute atomic E-state index is 11.8. The van der Waals surface area contributed by atoms with Gasteiger partial charge in [-0.2, -0.15) is 0 Å². The zero-order valence-corrected chi connectivity index (χ0v) is 11.9. The van der Waals surface area contributed by atoms with Crippen molar-refractivity contribution in [2.24, 2.45) is 5.92 Å². The molecule has 0 bridgehead atoms. The molecule has 2 heteroatoms. The minimum absolute atomic E-state index is 0.149. The van der Waals surface area contributed by atoms with E-state index in [1.54, 1.807) is 0 Å². The molecule has 1 fully saturated rings. The van der Waals surface area contributed by atoms with Crippen molar-refractivity contribution in [1.29, 1.82) is 0 Å². The molecule has 2 aromatic carbocycles. The van der Waals surface area contributed by atoms with E-state index in [1.807, 2.05) is 59.0 Å². The number of benzene rings is 2. The fraction of sp³-hybridized carbons (Fsp3) is 0.188. The third-order valence-electron chi connectivity index (χ3n) is 3.65. The fourth-order valence-corrected chi connectivity index (χ4v) is 3.55. The van der Waals surface area contributed by atoms with E-state index >= 15 is 0 Å². The van der Waals surface area contributed by atoms with Gasteiger partial charge in [0.1, 0.15) is 0 Å². The summed E-state index contributed by atoms with van der Waals surface area (Å²) in [4.78, 5) is 11.8. The number of rotatable bonds is 3. The number of halogens is 1. The van der Waals surface area contributed by atoms with Crippen LogP contribution in [0.4, 0.5) is 0 Å². The van der Waals surface area contributed by atoms with Gasteiger partial charge in [0.2, 0.25) is 0 Å². The molecule has 2 atom stereocenters. The largest absolute Gasteiger partial charge is 0.287 e. The molecular weight excluding hydrogens is 335 g/mol. The minimum atomic E-state index is 0.149. The van der Waals surface area contributed by atoms with E-state index in [1.165, 1.54) is 11.1 Å². The number of carbonyl (C=O) groups excluding carboxylic acids is 1. The predicted molar refractivity (Wildman–Crippen MR) is 80.9 cm³/mol. The van der Waals surface area contributed by atoms with E-state index in [4.69, 9.17) is 0 Å². The molecule has 1 aliphatic carbocycles. The molecule has 0 unspecified atom stereocenters. The topological polar surface area (TPSA) is 17.1 Å². The van der Waals surface area contributed by atoms with Gasteiger partial charge in [0, 0.05) is 17.8 Å². The van der Waals surface area contributed by atoms with E-state index in [0.29, 0.717) is 11.8 Å². The van der Waals surface area contributed by atoms with Gasteiger partial charge in [-0.05, 0) is 33.7 Å². The monoisotopic (exact) mass is 348 g/mol. The van der Waals surface area contributed by atoms with E-state index in [-0.39, 0.29) is 9.71 Å². The molecule has 1 saturated carbocycles. The van der Waals surface area contributed by atoms with Crippen LogP contribution in [-0.2, 0) is 4.79 Å². The standard InChI is InChI=1S/C16H13IO/c17-16(18)15-13(11-7-3-1-4-8-11)14(15)12-9-5-2-6-10-12/h1-10,13-15H/t13-,14-/m1/s1. The first-order valence-electron chi connectivity index (χ1n) is 6.08. The van der Waals surface area contributed by atoms with Crippen molar-refractivity contribution in [3.8, 4) is 0 Å². The van der Waals surface area contributed by atoms with Crippen molar-refractivity contribution in [3.63, 3.8) is 0 Å². The third-order valence-corrected chi connectivity index (χ3v) is 4.37. The van der Waals surface area contributed by atoms with Crippen LogP contribution in [-0.4, -0.2) is 3.79 Å². The Balaban J connectivity index is 1.94. The first kappa shape index (κ1) is 11.9. The lowest BCUT2D eigenvalue weighted by Gasteiger charge is -1.99. The average molecular weight is 348 g/mol. The van der Waals surface area contributed by atoms with Crippen LogP contribution in [0.3, 0.4) is 0 Å². The summed E-state index contributed by atoms with van der Waals surface area (Å²) in [6, 6.07) is 20.7. The van der Waals surface area contributed by atoms with Gasteiger partial charge in [0.05, 0.1) is 0 Å². The Labute approximate surface area is 120 Å². The van der Waals surface area contributed by atoms with Gasteiger partial charge in [0.15, 0.2) is 3.79 Å². The lowest BCUT2D eigenvalue weighted by atomic mass is 10.0. The van der Waals surface area contributed by atoms with Crippen LogP contribution < -0.4 is 0 Å². The van der Waals surface area contributed by atoms with Crippen LogP contribution >= 0.6 is 22.6 Å². The lowest BCUT2D eigenvalue weighted by Crippen LogP contribution is -1.91. The molecule has 0 aliphatic heterocycles. The molecule has 1 nitrogen and oxygen atoms in total. The molecule has 0 amide bonds. The smallest absolute Gasteiger partial charge is 0.196 e. The van der Waals surface area contributed by atoms with Crippen LogP contribution in [0.1, 0.15) is 23.0 Å². The van der Waals surface area contributed by atoms with E-state index in [2.05, 4.69) is 24.3 Å². The van der Waals surface area contributed by atoms with E-state index in [9.17, 15) is 4.79 Å². The SMILES string of the molecule is O=C(I)C1[C@H](c2ccccc2)[C@H]1c1ccccc1. The van der Waals surface area contributed by atoms with Gasteiger partial charge in [-0.1, -0.05) is 60.7 Å². The molecule has 1 aliphatic rings. The van der Waals surface area contributed by atoms with E-state index < -0.39 is 0 Å². The molecule has 0 aromatic heterocycles. The average Bonchev–Trinajstić information content (AvgIpc) is 3.16. The second-order valence-corrected chi connectivity index (χ2v) is 5.77. The van der Waals surface area contributed by atoms with Crippen LogP contribution in [0.15, 0.2) is 60.7 Å². The Morgan fingerprint density at radius 2 is 1.17 bits per heavy atom. The highest BCUT2D eigenvalue weighted by atomic mass is 127. The van der Waals surface area contributed by atoms with E-state index in [0.717, 1.165) is 0 Å². The highest BCUT2D eigenvalue weighted by Crippen LogP contribution is 2.61. The van der Waals surface area contributed by atoms with Crippen molar-refractivity contribution < 1.29 is 4.79 Å². The lowest BCUT2D eigenvalue weighted by molar-refractivity contribution is -0.110. The highest BCUT2D eigenvalue weighted by Gasteiger charge is 2.54. The maximum Gasteiger partial charge on any atom is 0.196 e. The summed E-state index contributed by atoms with van der Waals surface area (Å²) in [5, 5.41) is 0. The van der Waals surface area contributed by atoms with Crippen molar-refractivity contribution in [2.75, 3.05) is 0 Å². The van der Waals surface area contributed by atoms with Crippen LogP contribution in [0, 0.1) is 5.92 Å². The van der Waals surface area contributed by atoms with Gasteiger partial charge in [0.25, 0.3) is 0 Å². The first-order chi connectivity index (χ1) is 8.79. The minimum Gasteiger partial charge on any atom is -0.287 e. The second kappa shape index (κ2) is 4.84. The second-order valence-electron chi connectivity index (χ2n) is 4.70. The molecular formula is C16H13IO. The summed E-state index contributed by atoms with van der Waals surface area (Å²) < 4.78 is 0.273. The Kier molecular flexibility index (Phi) is 3.20. The highest BCUT2D eigenvalue weighted by molar-refractivity contribution is 14.1. The molecule has 0 radical (unpaired) electrons. The fourth-order valence-electron chi connectivity index (χ4n) is 2.77. The number of carbonyl (C=O) groups is 1. The zero-order valence-electron chi connectivity index (χ0n) is 9.79. The molecule has 18 heavy (non-hydrogen) atoms. The molecule has 0 saturated heterocycles. The molecule has 3 rings (SSSR count). The molecule has 2 aromatic rings. The Morgan fingerprint density at radius 3 is 1.50 bits per heavy atom. The van der Waals surface area contributed by atoms with Gasteiger partial charge in [-0.15, -0.1) is 0 Å². The summed E-state index contributed by atoms with van der Waals surface area (Å²) in [6.07, 6.45) is 0. The summed E-state index contributed by atoms with van der Waals surface area (Å²) in [5.41, 5.74) is 2.56. The summed E-state index contributed by atoms with van der Waals surface area (Å²) in [5.74, 6) is 0.867. The van der Waals surface area contributed by atoms with Crippen LogP contribution in [0.25, 0.3) is 0 Å². The first-order valence-corrected chi connectivity index (χ1v) is 7.16. The summed E-state index contributed by atoms with van der Waals surface area (Å²) in [7, 11) is 0. The van der Waals surface area contributed by atoms with Gasteiger partial charge < -0.3 is 0 Å². The number of hydrogen-bond acceptors (Lipinski definition) is 1. The van der Waals surface area contributed by atoms with Gasteiger partial charge in [-0.25, -0.2) is 0 Å². The van der Waals surface area contributed by atoms with Crippen LogP contribution in [0.2, 0.25) is 0 Å². The molecule has 0 spiro atoms. The maximum atomic E-state index is 11.8. The quantitative estimate of drug-likeness (QED) is 0.602. The van der Waals surface area contributed by atoms with Gasteiger partial charge in [-0.3, -0.25) is 4.79 Å². The summed E-state index contributed by atoms with van der Waals surface area (Å²) >= 11 is 1.94. The predicted octanol–water partition coefficient (Wildman–Crippen LogP) is 4.15. The molecule has 90 valence electrons. The van der Waals surface area contributed by atoms with Crippen molar-refractivity contribution in [3.05, 3.63) is 71.8 Å².